The predicted octanol–water partition coefficient (Wildman–Crippen LogP) is 3.65. The summed E-state index contributed by atoms with van der Waals surface area (Å²) >= 11 is 6.41. The molecule has 0 spiro atoms. The molecule has 2 N–H and O–H groups in total. The van der Waals surface area contributed by atoms with Gasteiger partial charge in [-0.25, -0.2) is 9.18 Å². The molecule has 0 aliphatic rings. The number of thiocarbonyl (C=S) groups is 1. The Balaban J connectivity index is 2.47. The Morgan fingerprint density at radius 2 is 2.05 bits per heavy atom. The van der Waals surface area contributed by atoms with E-state index >= 15 is 0 Å². The number of hydrogen-bond donors (Lipinski definition) is 2. The number of anilines is 1. The molecule has 0 fully saturated rings. The van der Waals surface area contributed by atoms with Crippen molar-refractivity contribution in [1.29, 1.82) is 0 Å². The number of carbonyl (C=O) groups excluding carboxylic acids is 1. The maximum Gasteiger partial charge on any atom is 0.341 e. The van der Waals surface area contributed by atoms with Crippen LogP contribution in [0.25, 0.3) is 11.1 Å². The molecule has 7 heteroatoms. The first-order chi connectivity index (χ1) is 10.6. The zero-order chi connectivity index (χ0) is 16.1. The number of rotatable bonds is 4. The first-order valence-electron chi connectivity index (χ1n) is 6.60. The van der Waals surface area contributed by atoms with Gasteiger partial charge in [0.2, 0.25) is 0 Å². The molecule has 1 aromatic carbocycles. The number of hydrogen-bond acceptors (Lipinski definition) is 4. The molecule has 0 saturated carbocycles. The molecular formula is C15H15FN2O2S2. The molecule has 1 aromatic heterocycles. The van der Waals surface area contributed by atoms with Gasteiger partial charge in [0.1, 0.15) is 16.4 Å². The lowest BCUT2D eigenvalue weighted by molar-refractivity contribution is 0.0529. The number of esters is 1. The maximum absolute atomic E-state index is 13.1. The lowest BCUT2D eigenvalue weighted by Crippen LogP contribution is -2.24. The van der Waals surface area contributed by atoms with E-state index in [-0.39, 0.29) is 12.4 Å². The topological polar surface area (TPSA) is 50.4 Å². The fourth-order valence-electron chi connectivity index (χ4n) is 1.86. The van der Waals surface area contributed by atoms with Crippen LogP contribution in [-0.2, 0) is 4.74 Å². The summed E-state index contributed by atoms with van der Waals surface area (Å²) in [7, 11) is 1.69. The highest BCUT2D eigenvalue weighted by molar-refractivity contribution is 7.80. The van der Waals surface area contributed by atoms with Gasteiger partial charge in [-0.15, -0.1) is 11.3 Å². The minimum absolute atomic E-state index is 0.271. The van der Waals surface area contributed by atoms with E-state index in [9.17, 15) is 9.18 Å². The Morgan fingerprint density at radius 3 is 2.64 bits per heavy atom. The van der Waals surface area contributed by atoms with Crippen LogP contribution in [0, 0.1) is 5.82 Å². The summed E-state index contributed by atoms with van der Waals surface area (Å²) in [6.45, 7) is 2.01. The summed E-state index contributed by atoms with van der Waals surface area (Å²) in [6, 6.07) is 5.96. The van der Waals surface area contributed by atoms with Crippen LogP contribution < -0.4 is 10.6 Å². The van der Waals surface area contributed by atoms with E-state index in [0.29, 0.717) is 21.2 Å². The number of halogens is 1. The Hall–Kier alpha value is -1.99. The van der Waals surface area contributed by atoms with Crippen LogP contribution in [0.15, 0.2) is 29.6 Å². The lowest BCUT2D eigenvalue weighted by Gasteiger charge is -2.09. The summed E-state index contributed by atoms with van der Waals surface area (Å²) in [5.74, 6) is -0.768. The first-order valence-corrected chi connectivity index (χ1v) is 7.88. The molecule has 0 unspecified atom stereocenters. The van der Waals surface area contributed by atoms with Crippen molar-refractivity contribution in [1.82, 2.24) is 5.32 Å². The van der Waals surface area contributed by atoms with Crippen LogP contribution in [0.3, 0.4) is 0 Å². The first kappa shape index (κ1) is 16.4. The number of nitrogens with one attached hydrogen (secondary N) is 2. The summed E-state index contributed by atoms with van der Waals surface area (Å²) < 4.78 is 18.2. The van der Waals surface area contributed by atoms with Crippen molar-refractivity contribution in [2.45, 2.75) is 6.92 Å². The molecule has 22 heavy (non-hydrogen) atoms. The quantitative estimate of drug-likeness (QED) is 0.658. The molecule has 116 valence electrons. The fraction of sp³-hybridized carbons (Fsp3) is 0.200. The number of ether oxygens (including phenoxy) is 1. The van der Waals surface area contributed by atoms with Gasteiger partial charge in [-0.1, -0.05) is 12.1 Å². The Morgan fingerprint density at radius 1 is 1.36 bits per heavy atom. The van der Waals surface area contributed by atoms with Crippen LogP contribution >= 0.6 is 23.6 Å². The van der Waals surface area contributed by atoms with Gasteiger partial charge in [-0.2, -0.15) is 0 Å². The second kappa shape index (κ2) is 7.33. The van der Waals surface area contributed by atoms with Gasteiger partial charge in [-0.05, 0) is 36.8 Å². The molecule has 0 amide bonds. The molecular weight excluding hydrogens is 323 g/mol. The average molecular weight is 338 g/mol. The largest absolute Gasteiger partial charge is 0.462 e. The molecule has 0 aliphatic heterocycles. The highest BCUT2D eigenvalue weighted by atomic mass is 32.1. The minimum Gasteiger partial charge on any atom is -0.462 e. The van der Waals surface area contributed by atoms with Crippen molar-refractivity contribution in [3.05, 3.63) is 41.0 Å². The molecule has 0 aliphatic carbocycles. The summed E-state index contributed by atoms with van der Waals surface area (Å²) in [5, 5.41) is 8.57. The van der Waals surface area contributed by atoms with E-state index in [1.54, 1.807) is 26.1 Å². The Bertz CT molecular complexity index is 683. The molecule has 2 rings (SSSR count). The standard InChI is InChI=1S/C15H15FN2O2S2/c1-3-20-14(19)12-11(9-4-6-10(16)7-5-9)8-22-13(12)18-15(21)17-2/h4-8H,3H2,1-2H3,(H2,17,18,21). The van der Waals surface area contributed by atoms with E-state index in [4.69, 9.17) is 17.0 Å². The molecule has 1 heterocycles. The van der Waals surface area contributed by atoms with Gasteiger partial charge >= 0.3 is 5.97 Å². The van der Waals surface area contributed by atoms with Crippen LogP contribution in [0.4, 0.5) is 9.39 Å². The van der Waals surface area contributed by atoms with Gasteiger partial charge in [0, 0.05) is 18.0 Å². The number of benzene rings is 1. The second-order valence-electron chi connectivity index (χ2n) is 4.28. The number of thiophene rings is 1. The highest BCUT2D eigenvalue weighted by Gasteiger charge is 2.22. The van der Waals surface area contributed by atoms with E-state index < -0.39 is 5.97 Å². The van der Waals surface area contributed by atoms with E-state index in [1.807, 2.05) is 5.38 Å². The van der Waals surface area contributed by atoms with Crippen molar-refractivity contribution in [2.24, 2.45) is 0 Å². The normalized spacial score (nSPS) is 10.1. The van der Waals surface area contributed by atoms with Gasteiger partial charge in [0.25, 0.3) is 0 Å². The SMILES string of the molecule is CCOC(=O)c1c(-c2ccc(F)cc2)csc1NC(=S)NC. The van der Waals surface area contributed by atoms with Crippen LogP contribution in [-0.4, -0.2) is 24.7 Å². The maximum atomic E-state index is 13.1. The number of carbonyl (C=O) groups is 1. The average Bonchev–Trinajstić information content (AvgIpc) is 2.91. The van der Waals surface area contributed by atoms with Gasteiger partial charge in [-0.3, -0.25) is 0 Å². The summed E-state index contributed by atoms with van der Waals surface area (Å²) in [6.07, 6.45) is 0. The smallest absolute Gasteiger partial charge is 0.341 e. The molecule has 2 aromatic rings. The van der Waals surface area contributed by atoms with Crippen molar-refractivity contribution in [2.75, 3.05) is 19.0 Å². The van der Waals surface area contributed by atoms with E-state index in [2.05, 4.69) is 10.6 Å². The second-order valence-corrected chi connectivity index (χ2v) is 5.57. The fourth-order valence-corrected chi connectivity index (χ4v) is 2.99. The van der Waals surface area contributed by atoms with Crippen LogP contribution in [0.5, 0.6) is 0 Å². The zero-order valence-corrected chi connectivity index (χ0v) is 13.7. The van der Waals surface area contributed by atoms with Gasteiger partial charge < -0.3 is 15.4 Å². The molecule has 0 bridgehead atoms. The zero-order valence-electron chi connectivity index (χ0n) is 12.1. The third-order valence-electron chi connectivity index (χ3n) is 2.88. The van der Waals surface area contributed by atoms with Gasteiger partial charge in [0.05, 0.1) is 6.61 Å². The highest BCUT2D eigenvalue weighted by Crippen LogP contribution is 2.36. The van der Waals surface area contributed by atoms with Crippen molar-refractivity contribution in [3.63, 3.8) is 0 Å². The molecule has 4 nitrogen and oxygen atoms in total. The molecule has 0 saturated heterocycles. The monoisotopic (exact) mass is 338 g/mol. The van der Waals surface area contributed by atoms with Crippen LogP contribution in [0.2, 0.25) is 0 Å². The summed E-state index contributed by atoms with van der Waals surface area (Å²) in [4.78, 5) is 12.3. The Kier molecular flexibility index (Phi) is 5.46. The van der Waals surface area contributed by atoms with E-state index in [0.717, 1.165) is 5.56 Å². The Labute approximate surface area is 137 Å². The van der Waals surface area contributed by atoms with E-state index in [1.165, 1.54) is 23.5 Å². The van der Waals surface area contributed by atoms with Crippen LogP contribution in [0.1, 0.15) is 17.3 Å². The minimum atomic E-state index is -0.440. The van der Waals surface area contributed by atoms with Crippen molar-refractivity contribution < 1.29 is 13.9 Å². The third kappa shape index (κ3) is 3.61. The third-order valence-corrected chi connectivity index (χ3v) is 4.08. The predicted molar refractivity (Wildman–Crippen MR) is 90.9 cm³/mol. The van der Waals surface area contributed by atoms with Crippen molar-refractivity contribution in [3.8, 4) is 11.1 Å². The molecule has 0 radical (unpaired) electrons. The molecule has 0 atom stereocenters. The lowest BCUT2D eigenvalue weighted by atomic mass is 10.0. The van der Waals surface area contributed by atoms with Crippen molar-refractivity contribution >= 4 is 39.6 Å². The van der Waals surface area contributed by atoms with Gasteiger partial charge in [0.15, 0.2) is 5.11 Å². The summed E-state index contributed by atoms with van der Waals surface area (Å²) in [5.41, 5.74) is 1.82.